The van der Waals surface area contributed by atoms with Gasteiger partial charge in [0.2, 0.25) is 0 Å². The molecule has 4 nitrogen and oxygen atoms in total. The molecule has 1 N–H and O–H groups in total. The molecule has 0 radical (unpaired) electrons. The molecule has 1 aliphatic carbocycles. The Labute approximate surface area is 121 Å². The van der Waals surface area contributed by atoms with E-state index in [1.165, 1.54) is 0 Å². The monoisotopic (exact) mass is 276 g/mol. The number of hydrogen-bond donors (Lipinski definition) is 1. The predicted octanol–water partition coefficient (Wildman–Crippen LogP) is 2.13. The van der Waals surface area contributed by atoms with E-state index in [0.29, 0.717) is 5.56 Å². The lowest BCUT2D eigenvalue weighted by Crippen LogP contribution is -2.46. The summed E-state index contributed by atoms with van der Waals surface area (Å²) in [6.07, 6.45) is 3.43. The fourth-order valence-electron chi connectivity index (χ4n) is 2.80. The van der Waals surface area contributed by atoms with Crippen molar-refractivity contribution in [1.29, 1.82) is 0 Å². The van der Waals surface area contributed by atoms with Crippen LogP contribution in [-0.2, 0) is 0 Å². The summed E-state index contributed by atoms with van der Waals surface area (Å²) in [5, 5.41) is 10.1. The molecule has 1 aromatic carbocycles. The Bertz CT molecular complexity index is 456. The molecule has 4 heteroatoms. The van der Waals surface area contributed by atoms with Crippen LogP contribution < -0.4 is 4.90 Å². The molecule has 0 heterocycles. The topological polar surface area (TPSA) is 43.8 Å². The van der Waals surface area contributed by atoms with E-state index in [-0.39, 0.29) is 11.9 Å². The van der Waals surface area contributed by atoms with E-state index in [4.69, 9.17) is 0 Å². The van der Waals surface area contributed by atoms with E-state index >= 15 is 0 Å². The van der Waals surface area contributed by atoms with Gasteiger partial charge in [0.05, 0.1) is 12.1 Å². The third kappa shape index (κ3) is 3.12. The Morgan fingerprint density at radius 1 is 1.10 bits per heavy atom. The minimum absolute atomic E-state index is 0.0127. The standard InChI is InChI=1S/C16H24N2O2/c1-17(2)13-10-8-12(9-11-13)16(20)18(3)14-6-4-5-7-15(14)19/h8-11,14-15,19H,4-7H2,1-3H3. The second-order valence-electron chi connectivity index (χ2n) is 5.78. The van der Waals surface area contributed by atoms with Crippen molar-refractivity contribution < 1.29 is 9.90 Å². The second-order valence-corrected chi connectivity index (χ2v) is 5.78. The molecule has 2 atom stereocenters. The number of rotatable bonds is 3. The molecular weight excluding hydrogens is 252 g/mol. The van der Waals surface area contributed by atoms with Crippen LogP contribution in [0, 0.1) is 0 Å². The lowest BCUT2D eigenvalue weighted by Gasteiger charge is -2.35. The van der Waals surface area contributed by atoms with Crippen LogP contribution in [-0.4, -0.2) is 49.2 Å². The van der Waals surface area contributed by atoms with Gasteiger partial charge in [0.25, 0.3) is 5.91 Å². The molecule has 2 rings (SSSR count). The first-order chi connectivity index (χ1) is 9.50. The minimum Gasteiger partial charge on any atom is -0.391 e. The maximum absolute atomic E-state index is 12.5. The number of hydrogen-bond acceptors (Lipinski definition) is 3. The largest absolute Gasteiger partial charge is 0.391 e. The van der Waals surface area contributed by atoms with Gasteiger partial charge >= 0.3 is 0 Å². The number of anilines is 1. The molecule has 1 saturated carbocycles. The highest BCUT2D eigenvalue weighted by atomic mass is 16.3. The summed E-state index contributed by atoms with van der Waals surface area (Å²) in [4.78, 5) is 16.2. The van der Waals surface area contributed by atoms with Gasteiger partial charge in [-0.25, -0.2) is 0 Å². The third-order valence-electron chi connectivity index (χ3n) is 4.14. The van der Waals surface area contributed by atoms with Crippen LogP contribution in [0.25, 0.3) is 0 Å². The highest BCUT2D eigenvalue weighted by Gasteiger charge is 2.29. The predicted molar refractivity (Wildman–Crippen MR) is 81.1 cm³/mol. The lowest BCUT2D eigenvalue weighted by molar-refractivity contribution is 0.0268. The van der Waals surface area contributed by atoms with Gasteiger partial charge < -0.3 is 14.9 Å². The molecule has 1 amide bonds. The molecule has 0 saturated heterocycles. The molecule has 0 spiro atoms. The van der Waals surface area contributed by atoms with Crippen molar-refractivity contribution in [3.8, 4) is 0 Å². The highest BCUT2D eigenvalue weighted by Crippen LogP contribution is 2.24. The van der Waals surface area contributed by atoms with E-state index in [1.807, 2.05) is 43.3 Å². The number of aliphatic hydroxyl groups excluding tert-OH is 1. The first-order valence-electron chi connectivity index (χ1n) is 7.23. The lowest BCUT2D eigenvalue weighted by atomic mass is 9.91. The van der Waals surface area contributed by atoms with Gasteiger partial charge in [-0.3, -0.25) is 4.79 Å². The number of aliphatic hydroxyl groups is 1. The number of carbonyl (C=O) groups is 1. The van der Waals surface area contributed by atoms with Gasteiger partial charge in [0.15, 0.2) is 0 Å². The first-order valence-corrected chi connectivity index (χ1v) is 7.23. The van der Waals surface area contributed by atoms with Crippen molar-refractivity contribution in [3.05, 3.63) is 29.8 Å². The number of benzene rings is 1. The van der Waals surface area contributed by atoms with Crippen LogP contribution in [0.4, 0.5) is 5.69 Å². The second kappa shape index (κ2) is 6.27. The number of likely N-dealkylation sites (N-methyl/N-ethyl adjacent to an activating group) is 1. The van der Waals surface area contributed by atoms with Gasteiger partial charge in [-0.05, 0) is 37.1 Å². The van der Waals surface area contributed by atoms with E-state index in [2.05, 4.69) is 0 Å². The Hall–Kier alpha value is -1.55. The summed E-state index contributed by atoms with van der Waals surface area (Å²) in [6.45, 7) is 0. The minimum atomic E-state index is -0.390. The fourth-order valence-corrected chi connectivity index (χ4v) is 2.80. The molecule has 0 aliphatic heterocycles. The Morgan fingerprint density at radius 2 is 1.70 bits per heavy atom. The molecule has 20 heavy (non-hydrogen) atoms. The Balaban J connectivity index is 2.09. The average molecular weight is 276 g/mol. The summed E-state index contributed by atoms with van der Waals surface area (Å²) < 4.78 is 0. The molecule has 110 valence electrons. The summed E-state index contributed by atoms with van der Waals surface area (Å²) in [7, 11) is 5.74. The summed E-state index contributed by atoms with van der Waals surface area (Å²) in [6, 6.07) is 7.54. The van der Waals surface area contributed by atoms with Gasteiger partial charge in [0.1, 0.15) is 0 Å². The van der Waals surface area contributed by atoms with Gasteiger partial charge in [-0.1, -0.05) is 12.8 Å². The van der Waals surface area contributed by atoms with Gasteiger partial charge in [-0.15, -0.1) is 0 Å². The normalized spacial score (nSPS) is 22.4. The molecule has 1 aromatic rings. The van der Waals surface area contributed by atoms with E-state index in [9.17, 15) is 9.90 Å². The van der Waals surface area contributed by atoms with Crippen molar-refractivity contribution in [2.24, 2.45) is 0 Å². The van der Waals surface area contributed by atoms with Crippen LogP contribution in [0.5, 0.6) is 0 Å². The number of carbonyl (C=O) groups excluding carboxylic acids is 1. The molecule has 0 bridgehead atoms. The van der Waals surface area contributed by atoms with Crippen molar-refractivity contribution in [2.45, 2.75) is 37.8 Å². The Morgan fingerprint density at radius 3 is 2.25 bits per heavy atom. The maximum Gasteiger partial charge on any atom is 0.253 e. The van der Waals surface area contributed by atoms with Crippen molar-refractivity contribution >= 4 is 11.6 Å². The molecule has 0 aromatic heterocycles. The third-order valence-corrected chi connectivity index (χ3v) is 4.14. The smallest absolute Gasteiger partial charge is 0.253 e. The van der Waals surface area contributed by atoms with Crippen molar-refractivity contribution in [1.82, 2.24) is 4.90 Å². The molecule has 1 aliphatic rings. The maximum atomic E-state index is 12.5. The SMILES string of the molecule is CN(C)c1ccc(C(=O)N(C)C2CCCCC2O)cc1. The molecule has 2 unspecified atom stereocenters. The Kier molecular flexibility index (Phi) is 4.65. The van der Waals surface area contributed by atoms with E-state index < -0.39 is 6.10 Å². The summed E-state index contributed by atoms with van der Waals surface area (Å²) >= 11 is 0. The van der Waals surface area contributed by atoms with Gasteiger partial charge in [-0.2, -0.15) is 0 Å². The zero-order valence-electron chi connectivity index (χ0n) is 12.5. The fraction of sp³-hybridized carbons (Fsp3) is 0.562. The van der Waals surface area contributed by atoms with Crippen LogP contribution in [0.1, 0.15) is 36.0 Å². The summed E-state index contributed by atoms with van der Waals surface area (Å²) in [5.41, 5.74) is 1.75. The van der Waals surface area contributed by atoms with Crippen molar-refractivity contribution in [3.63, 3.8) is 0 Å². The zero-order chi connectivity index (χ0) is 14.7. The van der Waals surface area contributed by atoms with Crippen LogP contribution in [0.3, 0.4) is 0 Å². The van der Waals surface area contributed by atoms with E-state index in [1.54, 1.807) is 11.9 Å². The number of nitrogens with zero attached hydrogens (tertiary/aromatic N) is 2. The molecular formula is C16H24N2O2. The van der Waals surface area contributed by atoms with E-state index in [0.717, 1.165) is 31.4 Å². The quantitative estimate of drug-likeness (QED) is 0.919. The van der Waals surface area contributed by atoms with Crippen LogP contribution in [0.15, 0.2) is 24.3 Å². The highest BCUT2D eigenvalue weighted by molar-refractivity contribution is 5.94. The van der Waals surface area contributed by atoms with Crippen molar-refractivity contribution in [2.75, 3.05) is 26.0 Å². The zero-order valence-corrected chi connectivity index (χ0v) is 12.5. The molecule has 1 fully saturated rings. The number of amides is 1. The van der Waals surface area contributed by atoms with Crippen LogP contribution >= 0.6 is 0 Å². The van der Waals surface area contributed by atoms with Gasteiger partial charge in [0, 0.05) is 32.4 Å². The average Bonchev–Trinajstić information content (AvgIpc) is 2.46. The van der Waals surface area contributed by atoms with Crippen LogP contribution in [0.2, 0.25) is 0 Å². The first kappa shape index (κ1) is 14.9. The summed E-state index contributed by atoms with van der Waals surface area (Å²) in [5.74, 6) is -0.0127.